The summed E-state index contributed by atoms with van der Waals surface area (Å²) in [6, 6.07) is 9.15. The van der Waals surface area contributed by atoms with Gasteiger partial charge in [0.25, 0.3) is 0 Å². The summed E-state index contributed by atoms with van der Waals surface area (Å²) in [4.78, 5) is 25.9. The molecule has 4 unspecified atom stereocenters. The number of methoxy groups -OCH3 is 1. The van der Waals surface area contributed by atoms with Crippen LogP contribution in [-0.4, -0.2) is 37.0 Å². The van der Waals surface area contributed by atoms with Crippen molar-refractivity contribution in [1.29, 1.82) is 0 Å². The van der Waals surface area contributed by atoms with E-state index in [4.69, 9.17) is 9.47 Å². The monoisotopic (exact) mass is 426 g/mol. The average molecular weight is 427 g/mol. The Morgan fingerprint density at radius 2 is 1.65 bits per heavy atom. The lowest BCUT2D eigenvalue weighted by Gasteiger charge is -2.50. The highest BCUT2D eigenvalue weighted by molar-refractivity contribution is 6.08. The van der Waals surface area contributed by atoms with Gasteiger partial charge in [-0.1, -0.05) is 68.9 Å². The van der Waals surface area contributed by atoms with Gasteiger partial charge in [0.05, 0.1) is 18.1 Å². The summed E-state index contributed by atoms with van der Waals surface area (Å²) in [7, 11) is 1.74. The molecule has 4 atom stereocenters. The van der Waals surface area contributed by atoms with Gasteiger partial charge < -0.3 is 9.47 Å². The quantitative estimate of drug-likeness (QED) is 0.427. The molecular formula is C27H38O4. The fourth-order valence-electron chi connectivity index (χ4n) is 6.69. The van der Waals surface area contributed by atoms with Crippen molar-refractivity contribution in [3.63, 3.8) is 0 Å². The molecule has 0 bridgehead atoms. The molecule has 2 saturated carbocycles. The first-order valence-corrected chi connectivity index (χ1v) is 12.4. The zero-order valence-corrected chi connectivity index (χ0v) is 19.0. The molecule has 0 N–H and O–H groups in total. The molecule has 4 nitrogen and oxygen atoms in total. The molecule has 3 aliphatic rings. The minimum atomic E-state index is -0.200. The molecule has 0 aromatic heterocycles. The maximum atomic E-state index is 13.2. The first-order valence-electron chi connectivity index (χ1n) is 12.4. The number of benzene rings is 1. The van der Waals surface area contributed by atoms with Crippen molar-refractivity contribution in [3.05, 3.63) is 35.9 Å². The molecule has 0 spiro atoms. The minimum Gasteiger partial charge on any atom is -0.380 e. The van der Waals surface area contributed by atoms with E-state index >= 15 is 0 Å². The summed E-state index contributed by atoms with van der Waals surface area (Å²) in [6.45, 7) is 0.769. The second-order valence-electron chi connectivity index (χ2n) is 9.87. The van der Waals surface area contributed by atoms with Crippen molar-refractivity contribution in [3.8, 4) is 0 Å². The lowest BCUT2D eigenvalue weighted by atomic mass is 9.61. The zero-order valence-electron chi connectivity index (χ0n) is 19.0. The smallest absolute Gasteiger partial charge is 0.170 e. The Hall–Kier alpha value is -1.52. The highest BCUT2D eigenvalue weighted by atomic mass is 16.5. The predicted molar refractivity (Wildman–Crippen MR) is 121 cm³/mol. The van der Waals surface area contributed by atoms with E-state index < -0.39 is 0 Å². The summed E-state index contributed by atoms with van der Waals surface area (Å²) in [5.41, 5.74) is 0.482. The molecule has 1 aliphatic heterocycles. The fourth-order valence-corrected chi connectivity index (χ4v) is 6.69. The lowest BCUT2D eigenvalue weighted by Crippen LogP contribution is -2.55. The van der Waals surface area contributed by atoms with Gasteiger partial charge in [0.2, 0.25) is 0 Å². The van der Waals surface area contributed by atoms with E-state index in [0.29, 0.717) is 11.5 Å². The molecule has 0 amide bonds. The van der Waals surface area contributed by atoms with Gasteiger partial charge in [-0.25, -0.2) is 0 Å². The summed E-state index contributed by atoms with van der Waals surface area (Å²) in [5, 5.41) is 0. The molecule has 1 aromatic carbocycles. The molecule has 170 valence electrons. The van der Waals surface area contributed by atoms with E-state index in [0.717, 1.165) is 25.9 Å². The van der Waals surface area contributed by atoms with Crippen LogP contribution in [0.25, 0.3) is 0 Å². The van der Waals surface area contributed by atoms with Crippen LogP contribution in [0, 0.1) is 17.8 Å². The number of hydrogen-bond donors (Lipinski definition) is 0. The van der Waals surface area contributed by atoms with E-state index in [-0.39, 0.29) is 41.5 Å². The maximum Gasteiger partial charge on any atom is 0.170 e. The number of carbonyl (C=O) groups excluding carboxylic acids is 2. The van der Waals surface area contributed by atoms with Gasteiger partial charge in [0, 0.05) is 31.1 Å². The van der Waals surface area contributed by atoms with Gasteiger partial charge in [-0.15, -0.1) is 0 Å². The lowest BCUT2D eigenvalue weighted by molar-refractivity contribution is -0.161. The number of Topliss-reactive ketones (excluding diaryl/α,β-unsaturated/α-hetero) is 2. The van der Waals surface area contributed by atoms with Crippen LogP contribution in [0.4, 0.5) is 0 Å². The van der Waals surface area contributed by atoms with Crippen LogP contribution in [-0.2, 0) is 14.3 Å². The summed E-state index contributed by atoms with van der Waals surface area (Å²) in [5.74, 6) is 0.580. The normalized spacial score (nSPS) is 32.5. The second kappa shape index (κ2) is 10.4. The van der Waals surface area contributed by atoms with E-state index in [1.54, 1.807) is 19.2 Å². The van der Waals surface area contributed by atoms with Crippen LogP contribution in [0.1, 0.15) is 87.4 Å². The van der Waals surface area contributed by atoms with Crippen molar-refractivity contribution in [2.45, 2.75) is 88.8 Å². The Labute approximate surface area is 187 Å². The molecule has 0 radical (unpaired) electrons. The largest absolute Gasteiger partial charge is 0.380 e. The molecule has 3 fully saturated rings. The number of carbonyl (C=O) groups is 2. The number of fused-ring (bicyclic) bond motifs is 1. The SMILES string of the molecule is COC1C(C(=O)CC(=O)c2ccccc2)CCC2(C3CCCCCCCC3)OCCC12. The molecule has 4 rings (SSSR count). The van der Waals surface area contributed by atoms with Gasteiger partial charge in [-0.3, -0.25) is 9.59 Å². The molecule has 1 aromatic rings. The zero-order chi connectivity index (χ0) is 21.7. The van der Waals surface area contributed by atoms with Crippen molar-refractivity contribution < 1.29 is 19.1 Å². The van der Waals surface area contributed by atoms with Crippen LogP contribution in [0.5, 0.6) is 0 Å². The van der Waals surface area contributed by atoms with Crippen LogP contribution in [0.3, 0.4) is 0 Å². The molecule has 31 heavy (non-hydrogen) atoms. The van der Waals surface area contributed by atoms with Crippen LogP contribution < -0.4 is 0 Å². The first-order chi connectivity index (χ1) is 15.2. The average Bonchev–Trinajstić information content (AvgIpc) is 3.28. The van der Waals surface area contributed by atoms with Gasteiger partial charge >= 0.3 is 0 Å². The topological polar surface area (TPSA) is 52.6 Å². The van der Waals surface area contributed by atoms with Crippen LogP contribution >= 0.6 is 0 Å². The number of rotatable bonds is 6. The Balaban J connectivity index is 1.49. The molecule has 1 heterocycles. The fraction of sp³-hybridized carbons (Fsp3) is 0.704. The highest BCUT2D eigenvalue weighted by Gasteiger charge is 2.57. The third-order valence-corrected chi connectivity index (χ3v) is 8.23. The molecule has 2 aliphatic carbocycles. The first kappa shape index (κ1) is 22.7. The Kier molecular flexibility index (Phi) is 7.60. The third kappa shape index (κ3) is 4.80. The van der Waals surface area contributed by atoms with Gasteiger partial charge in [0.1, 0.15) is 5.78 Å². The van der Waals surface area contributed by atoms with Crippen molar-refractivity contribution >= 4 is 11.6 Å². The van der Waals surface area contributed by atoms with Gasteiger partial charge in [0.15, 0.2) is 5.78 Å². The van der Waals surface area contributed by atoms with E-state index in [9.17, 15) is 9.59 Å². The number of ketones is 2. The minimum absolute atomic E-state index is 0.0292. The van der Waals surface area contributed by atoms with Crippen molar-refractivity contribution in [2.75, 3.05) is 13.7 Å². The molecule has 4 heteroatoms. The highest BCUT2D eigenvalue weighted by Crippen LogP contribution is 2.53. The van der Waals surface area contributed by atoms with E-state index in [1.165, 1.54) is 51.4 Å². The van der Waals surface area contributed by atoms with E-state index in [1.807, 2.05) is 18.2 Å². The number of hydrogen-bond acceptors (Lipinski definition) is 4. The maximum absolute atomic E-state index is 13.2. The Morgan fingerprint density at radius 1 is 0.968 bits per heavy atom. The summed E-state index contributed by atoms with van der Waals surface area (Å²) >= 11 is 0. The molecule has 1 saturated heterocycles. The Morgan fingerprint density at radius 3 is 2.32 bits per heavy atom. The van der Waals surface area contributed by atoms with Gasteiger partial charge in [-0.05, 0) is 38.0 Å². The van der Waals surface area contributed by atoms with Gasteiger partial charge in [-0.2, -0.15) is 0 Å². The second-order valence-corrected chi connectivity index (χ2v) is 9.87. The Bertz CT molecular complexity index is 735. The molecular weight excluding hydrogens is 388 g/mol. The van der Waals surface area contributed by atoms with Crippen molar-refractivity contribution in [1.82, 2.24) is 0 Å². The number of ether oxygens (including phenoxy) is 2. The van der Waals surface area contributed by atoms with Crippen molar-refractivity contribution in [2.24, 2.45) is 17.8 Å². The van der Waals surface area contributed by atoms with E-state index in [2.05, 4.69) is 0 Å². The predicted octanol–water partition coefficient (Wildman–Crippen LogP) is 5.78. The van der Waals surface area contributed by atoms with Crippen LogP contribution in [0.15, 0.2) is 30.3 Å². The standard InChI is InChI=1S/C27H38O4/c1-30-26-22(25(29)19-24(28)20-11-7-6-8-12-20)15-17-27(23(26)16-18-31-27)21-13-9-4-2-3-5-10-14-21/h6-8,11-12,21-23,26H,2-5,9-10,13-19H2,1H3. The van der Waals surface area contributed by atoms with Crippen LogP contribution in [0.2, 0.25) is 0 Å². The third-order valence-electron chi connectivity index (χ3n) is 8.23. The summed E-state index contributed by atoms with van der Waals surface area (Å²) < 4.78 is 12.6. The summed E-state index contributed by atoms with van der Waals surface area (Å²) in [6.07, 6.45) is 12.9.